The third-order valence-electron chi connectivity index (χ3n) is 1.94. The van der Waals surface area contributed by atoms with Gasteiger partial charge in [-0.15, -0.1) is 0 Å². The Morgan fingerprint density at radius 3 is 2.47 bits per heavy atom. The maximum atomic E-state index is 12.5. The Kier molecular flexibility index (Phi) is 3.21. The van der Waals surface area contributed by atoms with E-state index in [9.17, 15) is 13.2 Å². The van der Waals surface area contributed by atoms with Crippen molar-refractivity contribution in [2.24, 2.45) is 5.11 Å². The van der Waals surface area contributed by atoms with Gasteiger partial charge in [0.25, 0.3) is 0 Å². The van der Waals surface area contributed by atoms with E-state index in [0.29, 0.717) is 0 Å². The van der Waals surface area contributed by atoms with Gasteiger partial charge in [0.15, 0.2) is 0 Å². The van der Waals surface area contributed by atoms with Crippen LogP contribution in [0, 0.1) is 0 Å². The number of alkyl halides is 3. The van der Waals surface area contributed by atoms with Gasteiger partial charge in [-0.1, -0.05) is 30.2 Å². The number of rotatable bonds is 2. The largest absolute Gasteiger partial charge is 0.416 e. The summed E-state index contributed by atoms with van der Waals surface area (Å²) >= 11 is 0. The van der Waals surface area contributed by atoms with Gasteiger partial charge in [0, 0.05) is 4.91 Å². The molecule has 3 nitrogen and oxygen atoms in total. The van der Waals surface area contributed by atoms with Gasteiger partial charge in [0.05, 0.1) is 11.6 Å². The molecule has 0 bridgehead atoms. The second-order valence-corrected chi connectivity index (χ2v) is 2.97. The van der Waals surface area contributed by atoms with Crippen molar-refractivity contribution >= 4 is 0 Å². The third kappa shape index (κ3) is 2.63. The van der Waals surface area contributed by atoms with Crippen molar-refractivity contribution < 1.29 is 13.2 Å². The van der Waals surface area contributed by atoms with Crippen LogP contribution in [-0.2, 0) is 6.18 Å². The summed E-state index contributed by atoms with van der Waals surface area (Å²) < 4.78 is 37.5. The molecule has 0 saturated heterocycles. The summed E-state index contributed by atoms with van der Waals surface area (Å²) in [5, 5.41) is 3.25. The predicted molar refractivity (Wildman–Crippen MR) is 49.0 cm³/mol. The summed E-state index contributed by atoms with van der Waals surface area (Å²) in [6.45, 7) is 1.42. The summed E-state index contributed by atoms with van der Waals surface area (Å²) in [7, 11) is 0. The van der Waals surface area contributed by atoms with Crippen molar-refractivity contribution in [3.05, 3.63) is 45.8 Å². The Hall–Kier alpha value is -1.68. The summed E-state index contributed by atoms with van der Waals surface area (Å²) in [5.41, 5.74) is 7.40. The summed E-state index contributed by atoms with van der Waals surface area (Å²) in [6.07, 6.45) is -4.42. The van der Waals surface area contributed by atoms with Gasteiger partial charge in [-0.05, 0) is 17.2 Å². The molecule has 0 fully saturated rings. The van der Waals surface area contributed by atoms with Crippen molar-refractivity contribution in [3.63, 3.8) is 0 Å². The molecule has 0 heterocycles. The Morgan fingerprint density at radius 2 is 1.93 bits per heavy atom. The minimum Gasteiger partial charge on any atom is -0.166 e. The van der Waals surface area contributed by atoms with Crippen LogP contribution in [0.4, 0.5) is 13.2 Å². The van der Waals surface area contributed by atoms with Crippen molar-refractivity contribution in [1.82, 2.24) is 0 Å². The molecule has 6 heteroatoms. The van der Waals surface area contributed by atoms with E-state index in [1.165, 1.54) is 25.1 Å². The number of hydrogen-bond donors (Lipinski definition) is 0. The molecule has 1 atom stereocenters. The van der Waals surface area contributed by atoms with Crippen LogP contribution in [0.5, 0.6) is 0 Å². The molecule has 0 amide bonds. The molecule has 0 radical (unpaired) electrons. The van der Waals surface area contributed by atoms with Crippen molar-refractivity contribution in [1.29, 1.82) is 0 Å². The van der Waals surface area contributed by atoms with E-state index < -0.39 is 17.8 Å². The van der Waals surface area contributed by atoms with Crippen molar-refractivity contribution in [2.75, 3.05) is 0 Å². The molecule has 0 aliphatic rings. The van der Waals surface area contributed by atoms with Crippen molar-refractivity contribution in [2.45, 2.75) is 19.1 Å². The summed E-state index contributed by atoms with van der Waals surface area (Å²) in [4.78, 5) is 2.49. The van der Waals surface area contributed by atoms with Crippen LogP contribution in [-0.4, -0.2) is 0 Å². The number of hydrogen-bond acceptors (Lipinski definition) is 1. The molecular formula is C9H8F3N3. The lowest BCUT2D eigenvalue weighted by Crippen LogP contribution is -2.09. The normalized spacial score (nSPS) is 13.1. The van der Waals surface area contributed by atoms with Gasteiger partial charge in [-0.25, -0.2) is 0 Å². The van der Waals surface area contributed by atoms with E-state index in [-0.39, 0.29) is 5.56 Å². The van der Waals surface area contributed by atoms with E-state index in [1.54, 1.807) is 0 Å². The number of halogens is 3. The molecule has 0 N–H and O–H groups in total. The standard InChI is InChI=1S/C9H8F3N3/c1-6(14-15-13)7-4-2-3-5-8(7)9(10,11)12/h2-6H,1H3. The summed E-state index contributed by atoms with van der Waals surface area (Å²) in [5.74, 6) is 0. The Bertz CT molecular complexity index is 394. The number of azide groups is 1. The first kappa shape index (κ1) is 11.4. The van der Waals surface area contributed by atoms with Gasteiger partial charge < -0.3 is 0 Å². The molecule has 0 aliphatic heterocycles. The zero-order chi connectivity index (χ0) is 11.5. The zero-order valence-corrected chi connectivity index (χ0v) is 7.86. The highest BCUT2D eigenvalue weighted by molar-refractivity contribution is 5.32. The lowest BCUT2D eigenvalue weighted by molar-refractivity contribution is -0.138. The molecule has 80 valence electrons. The topological polar surface area (TPSA) is 48.8 Å². The molecule has 0 spiro atoms. The molecule has 1 unspecified atom stereocenters. The van der Waals surface area contributed by atoms with Gasteiger partial charge in [0.2, 0.25) is 0 Å². The average molecular weight is 215 g/mol. The molecule has 1 aromatic rings. The van der Waals surface area contributed by atoms with Gasteiger partial charge in [0.1, 0.15) is 0 Å². The van der Waals surface area contributed by atoms with Gasteiger partial charge >= 0.3 is 6.18 Å². The van der Waals surface area contributed by atoms with Crippen LogP contribution >= 0.6 is 0 Å². The van der Waals surface area contributed by atoms with Gasteiger partial charge in [-0.3, -0.25) is 0 Å². The van der Waals surface area contributed by atoms with E-state index in [1.807, 2.05) is 0 Å². The first-order chi connectivity index (χ1) is 6.96. The van der Waals surface area contributed by atoms with Crippen LogP contribution < -0.4 is 0 Å². The highest BCUT2D eigenvalue weighted by atomic mass is 19.4. The summed E-state index contributed by atoms with van der Waals surface area (Å²) in [6, 6.07) is 4.23. The lowest BCUT2D eigenvalue weighted by atomic mass is 10.0. The molecule has 0 aliphatic carbocycles. The van der Waals surface area contributed by atoms with Gasteiger partial charge in [-0.2, -0.15) is 13.2 Å². The SMILES string of the molecule is CC(N=[N+]=[N-])c1ccccc1C(F)(F)F. The molecule has 1 rings (SSSR count). The fraction of sp³-hybridized carbons (Fsp3) is 0.333. The quantitative estimate of drug-likeness (QED) is 0.405. The Morgan fingerprint density at radius 1 is 1.33 bits per heavy atom. The lowest BCUT2D eigenvalue weighted by Gasteiger charge is -2.14. The van der Waals surface area contributed by atoms with E-state index in [4.69, 9.17) is 5.53 Å². The molecule has 0 aromatic heterocycles. The van der Waals surface area contributed by atoms with Crippen LogP contribution in [0.25, 0.3) is 10.4 Å². The van der Waals surface area contributed by atoms with Crippen LogP contribution in [0.3, 0.4) is 0 Å². The predicted octanol–water partition coefficient (Wildman–Crippen LogP) is 4.08. The highest BCUT2D eigenvalue weighted by Gasteiger charge is 2.33. The van der Waals surface area contributed by atoms with E-state index in [2.05, 4.69) is 10.0 Å². The fourth-order valence-electron chi connectivity index (χ4n) is 1.26. The molecule has 1 aromatic carbocycles. The average Bonchev–Trinajstić information content (AvgIpc) is 2.17. The molecule has 0 saturated carbocycles. The number of nitrogens with zero attached hydrogens (tertiary/aromatic N) is 3. The second kappa shape index (κ2) is 4.23. The minimum atomic E-state index is -4.42. The Labute approximate surface area is 84.2 Å². The zero-order valence-electron chi connectivity index (χ0n) is 7.86. The van der Waals surface area contributed by atoms with Crippen LogP contribution in [0.1, 0.15) is 24.1 Å². The third-order valence-corrected chi connectivity index (χ3v) is 1.94. The molecular weight excluding hydrogens is 207 g/mol. The second-order valence-electron chi connectivity index (χ2n) is 2.97. The van der Waals surface area contributed by atoms with Crippen LogP contribution in [0.2, 0.25) is 0 Å². The van der Waals surface area contributed by atoms with E-state index in [0.717, 1.165) is 6.07 Å². The molecule has 15 heavy (non-hydrogen) atoms. The smallest absolute Gasteiger partial charge is 0.166 e. The highest BCUT2D eigenvalue weighted by Crippen LogP contribution is 2.35. The Balaban J connectivity index is 3.23. The number of benzene rings is 1. The van der Waals surface area contributed by atoms with E-state index >= 15 is 0 Å². The monoisotopic (exact) mass is 215 g/mol. The minimum absolute atomic E-state index is 0.0113. The first-order valence-corrected chi connectivity index (χ1v) is 4.17. The maximum absolute atomic E-state index is 12.5. The van der Waals surface area contributed by atoms with Crippen molar-refractivity contribution in [3.8, 4) is 0 Å². The fourth-order valence-corrected chi connectivity index (χ4v) is 1.26. The first-order valence-electron chi connectivity index (χ1n) is 4.17. The van der Waals surface area contributed by atoms with Crippen LogP contribution in [0.15, 0.2) is 29.4 Å². The maximum Gasteiger partial charge on any atom is 0.416 e.